The van der Waals surface area contributed by atoms with Gasteiger partial charge in [-0.05, 0) is 29.3 Å². The maximum Gasteiger partial charge on any atom is 0.511 e. The van der Waals surface area contributed by atoms with E-state index in [1.165, 1.54) is 0 Å². The molecular weight excluding hydrogens is 328 g/mol. The summed E-state index contributed by atoms with van der Waals surface area (Å²) in [5.41, 5.74) is 4.85. The van der Waals surface area contributed by atoms with E-state index in [4.69, 9.17) is 9.84 Å². The number of benzene rings is 3. The second kappa shape index (κ2) is 6.72. The van der Waals surface area contributed by atoms with E-state index in [9.17, 15) is 4.79 Å². The number of hydrogen-bond donors (Lipinski definition) is 1. The Balaban J connectivity index is 1.61. The second-order valence-electron chi connectivity index (χ2n) is 5.92. The van der Waals surface area contributed by atoms with Crippen LogP contribution in [0.15, 0.2) is 79.1 Å². The van der Waals surface area contributed by atoms with Crippen molar-refractivity contribution in [1.29, 1.82) is 0 Å². The summed E-state index contributed by atoms with van der Waals surface area (Å²) in [6.45, 7) is 0.716. The molecule has 0 fully saturated rings. The van der Waals surface area contributed by atoms with Crippen molar-refractivity contribution >= 4 is 17.2 Å². The number of rotatable bonds is 4. The normalized spacial score (nSPS) is 10.8. The Morgan fingerprint density at radius 3 is 2.50 bits per heavy atom. The van der Waals surface area contributed by atoms with E-state index in [0.29, 0.717) is 12.3 Å². The van der Waals surface area contributed by atoms with Crippen LogP contribution in [0.3, 0.4) is 0 Å². The van der Waals surface area contributed by atoms with E-state index in [0.717, 1.165) is 27.7 Å². The minimum absolute atomic E-state index is 0.327. The Bertz CT molecular complexity index is 1070. The van der Waals surface area contributed by atoms with E-state index in [-0.39, 0.29) is 0 Å². The van der Waals surface area contributed by atoms with Gasteiger partial charge in [0.25, 0.3) is 0 Å². The van der Waals surface area contributed by atoms with Gasteiger partial charge in [-0.1, -0.05) is 54.6 Å². The molecule has 1 aromatic heterocycles. The molecule has 5 heteroatoms. The van der Waals surface area contributed by atoms with Crippen LogP contribution >= 0.6 is 0 Å². The third-order valence-electron chi connectivity index (χ3n) is 4.23. The van der Waals surface area contributed by atoms with Crippen molar-refractivity contribution in [2.45, 2.75) is 6.54 Å². The summed E-state index contributed by atoms with van der Waals surface area (Å²) in [6.07, 6.45) is 0.523. The summed E-state index contributed by atoms with van der Waals surface area (Å²) >= 11 is 0. The second-order valence-corrected chi connectivity index (χ2v) is 5.92. The van der Waals surface area contributed by atoms with E-state index >= 15 is 0 Å². The zero-order valence-corrected chi connectivity index (χ0v) is 13.9. The van der Waals surface area contributed by atoms with Crippen LogP contribution in [-0.4, -0.2) is 20.8 Å². The van der Waals surface area contributed by atoms with Crippen LogP contribution in [0.2, 0.25) is 0 Å². The summed E-state index contributed by atoms with van der Waals surface area (Å²) < 4.78 is 6.97. The molecule has 0 aliphatic rings. The Morgan fingerprint density at radius 2 is 1.69 bits per heavy atom. The smallest absolute Gasteiger partial charge is 0.449 e. The minimum Gasteiger partial charge on any atom is -0.449 e. The van der Waals surface area contributed by atoms with Gasteiger partial charge in [0.1, 0.15) is 5.75 Å². The lowest BCUT2D eigenvalue weighted by molar-refractivity contribution is 0.144. The first-order chi connectivity index (χ1) is 12.7. The third-order valence-corrected chi connectivity index (χ3v) is 4.23. The molecule has 0 bridgehead atoms. The van der Waals surface area contributed by atoms with Crippen molar-refractivity contribution < 1.29 is 14.6 Å². The molecule has 26 heavy (non-hydrogen) atoms. The summed E-state index contributed by atoms with van der Waals surface area (Å²) in [7, 11) is 0. The van der Waals surface area contributed by atoms with Gasteiger partial charge in [-0.15, -0.1) is 0 Å². The molecule has 3 aromatic carbocycles. The fraction of sp³-hybridized carbons (Fsp3) is 0.0476. The standard InChI is InChI=1S/C21H16N2O3/c24-21(25)26-20-8-4-1-5-17(20)16-11-9-15(10-12-16)13-23-14-22-18-6-2-3-7-19(18)23/h1-12,14H,13H2,(H,24,25). The lowest BCUT2D eigenvalue weighted by Gasteiger charge is -2.09. The number of nitrogens with zero attached hydrogens (tertiary/aromatic N) is 2. The zero-order chi connectivity index (χ0) is 17.9. The molecule has 128 valence electrons. The average molecular weight is 344 g/mol. The fourth-order valence-corrected chi connectivity index (χ4v) is 3.01. The van der Waals surface area contributed by atoms with Crippen molar-refractivity contribution in [3.05, 3.63) is 84.7 Å². The number of ether oxygens (including phenoxy) is 1. The highest BCUT2D eigenvalue weighted by atomic mass is 16.7. The number of fused-ring (bicyclic) bond motifs is 1. The van der Waals surface area contributed by atoms with Gasteiger partial charge in [-0.25, -0.2) is 9.78 Å². The molecule has 0 spiro atoms. The maximum atomic E-state index is 10.9. The molecule has 4 rings (SSSR count). The topological polar surface area (TPSA) is 64.3 Å². The average Bonchev–Trinajstić information content (AvgIpc) is 3.06. The minimum atomic E-state index is -1.32. The van der Waals surface area contributed by atoms with Crippen molar-refractivity contribution in [1.82, 2.24) is 9.55 Å². The Kier molecular flexibility index (Phi) is 4.11. The SMILES string of the molecule is O=C(O)Oc1ccccc1-c1ccc(Cn2cnc3ccccc32)cc1. The van der Waals surface area contributed by atoms with Gasteiger partial charge >= 0.3 is 6.16 Å². The highest BCUT2D eigenvalue weighted by molar-refractivity contribution is 5.75. The highest BCUT2D eigenvalue weighted by Gasteiger charge is 2.09. The number of para-hydroxylation sites is 3. The van der Waals surface area contributed by atoms with Gasteiger partial charge < -0.3 is 14.4 Å². The number of aromatic nitrogens is 2. The number of imidazole rings is 1. The van der Waals surface area contributed by atoms with Crippen LogP contribution < -0.4 is 4.74 Å². The molecule has 0 unspecified atom stereocenters. The van der Waals surface area contributed by atoms with Crippen LogP contribution in [0, 0.1) is 0 Å². The first-order valence-corrected chi connectivity index (χ1v) is 8.20. The lowest BCUT2D eigenvalue weighted by atomic mass is 10.0. The van der Waals surface area contributed by atoms with E-state index in [2.05, 4.69) is 15.6 Å². The molecule has 0 saturated carbocycles. The van der Waals surface area contributed by atoms with Crippen LogP contribution in [0.1, 0.15) is 5.56 Å². The van der Waals surface area contributed by atoms with Crippen molar-refractivity contribution in [2.24, 2.45) is 0 Å². The first-order valence-electron chi connectivity index (χ1n) is 8.20. The highest BCUT2D eigenvalue weighted by Crippen LogP contribution is 2.30. The van der Waals surface area contributed by atoms with Crippen LogP contribution in [0.25, 0.3) is 22.2 Å². The van der Waals surface area contributed by atoms with Gasteiger partial charge in [0, 0.05) is 12.1 Å². The molecule has 0 atom stereocenters. The molecule has 0 saturated heterocycles. The Hall–Kier alpha value is -3.60. The number of carboxylic acid groups (broad SMARTS) is 1. The summed E-state index contributed by atoms with van der Waals surface area (Å²) in [6, 6.07) is 23.1. The largest absolute Gasteiger partial charge is 0.511 e. The molecule has 4 aromatic rings. The molecule has 0 aliphatic carbocycles. The molecule has 0 aliphatic heterocycles. The third kappa shape index (κ3) is 3.15. The summed E-state index contributed by atoms with van der Waals surface area (Å²) in [5, 5.41) is 8.88. The van der Waals surface area contributed by atoms with Gasteiger partial charge in [0.05, 0.1) is 17.4 Å². The Labute approximate surface area is 150 Å². The van der Waals surface area contributed by atoms with E-state index in [1.54, 1.807) is 12.1 Å². The quantitative estimate of drug-likeness (QED) is 0.426. The van der Waals surface area contributed by atoms with Crippen LogP contribution in [-0.2, 0) is 6.54 Å². The summed E-state index contributed by atoms with van der Waals surface area (Å²) in [5.74, 6) is 0.327. The van der Waals surface area contributed by atoms with Gasteiger partial charge in [-0.2, -0.15) is 0 Å². The molecule has 1 heterocycles. The van der Waals surface area contributed by atoms with Gasteiger partial charge in [0.15, 0.2) is 0 Å². The molecule has 1 N–H and O–H groups in total. The summed E-state index contributed by atoms with van der Waals surface area (Å²) in [4.78, 5) is 15.3. The first kappa shape index (κ1) is 15.9. The maximum absolute atomic E-state index is 10.9. The fourth-order valence-electron chi connectivity index (χ4n) is 3.01. The van der Waals surface area contributed by atoms with Gasteiger partial charge in [-0.3, -0.25) is 0 Å². The molecule has 5 nitrogen and oxygen atoms in total. The Morgan fingerprint density at radius 1 is 0.962 bits per heavy atom. The van der Waals surface area contributed by atoms with Crippen molar-refractivity contribution in [3.8, 4) is 16.9 Å². The molecule has 0 radical (unpaired) electrons. The van der Waals surface area contributed by atoms with E-state index < -0.39 is 6.16 Å². The number of hydrogen-bond acceptors (Lipinski definition) is 3. The zero-order valence-electron chi connectivity index (χ0n) is 13.9. The predicted octanol–water partition coefficient (Wildman–Crippen LogP) is 4.81. The van der Waals surface area contributed by atoms with Gasteiger partial charge in [0.2, 0.25) is 0 Å². The van der Waals surface area contributed by atoms with Crippen LogP contribution in [0.5, 0.6) is 5.75 Å². The predicted molar refractivity (Wildman–Crippen MR) is 99.4 cm³/mol. The van der Waals surface area contributed by atoms with E-state index in [1.807, 2.05) is 60.9 Å². The number of carbonyl (C=O) groups is 1. The molecule has 0 amide bonds. The van der Waals surface area contributed by atoms with Crippen molar-refractivity contribution in [2.75, 3.05) is 0 Å². The lowest BCUT2D eigenvalue weighted by Crippen LogP contribution is -2.04. The van der Waals surface area contributed by atoms with Crippen molar-refractivity contribution in [3.63, 3.8) is 0 Å². The van der Waals surface area contributed by atoms with Crippen LogP contribution in [0.4, 0.5) is 4.79 Å². The monoisotopic (exact) mass is 344 g/mol. The molecular formula is C21H16N2O3.